The molecule has 1 atom stereocenters. The standard InChI is InChI=1S/C26H25N7O3/c1-5-18-8-6-9-19(12-18)22-13-23(29-26(28-22)30-25(34)16-35-3)24-15-33(32-31-24)14-20-10-7-11-21(27-20)17(2)36-4/h1,6-13,15,17H,14,16H2,2-4H3,(H,28,29,30,34). The van der Waals surface area contributed by atoms with Crippen molar-refractivity contribution in [1.82, 2.24) is 29.9 Å². The molecule has 0 bridgehead atoms. The Labute approximate surface area is 208 Å². The summed E-state index contributed by atoms with van der Waals surface area (Å²) < 4.78 is 11.9. The quantitative estimate of drug-likeness (QED) is 0.361. The number of amides is 1. The summed E-state index contributed by atoms with van der Waals surface area (Å²) in [6.07, 6.45) is 7.21. The number of ether oxygens (including phenoxy) is 2. The fourth-order valence-electron chi connectivity index (χ4n) is 3.43. The zero-order valence-corrected chi connectivity index (χ0v) is 20.2. The van der Waals surface area contributed by atoms with Crippen LogP contribution in [0, 0.1) is 12.3 Å². The minimum absolute atomic E-state index is 0.115. The van der Waals surface area contributed by atoms with Crippen molar-refractivity contribution in [2.45, 2.75) is 19.6 Å². The van der Waals surface area contributed by atoms with Crippen molar-refractivity contribution in [2.75, 3.05) is 26.1 Å². The third-order valence-corrected chi connectivity index (χ3v) is 5.30. The maximum Gasteiger partial charge on any atom is 0.252 e. The number of hydrogen-bond donors (Lipinski definition) is 1. The van der Waals surface area contributed by atoms with Crippen molar-refractivity contribution in [1.29, 1.82) is 0 Å². The molecule has 182 valence electrons. The molecule has 4 rings (SSSR count). The Morgan fingerprint density at radius 3 is 2.67 bits per heavy atom. The summed E-state index contributed by atoms with van der Waals surface area (Å²) in [4.78, 5) is 25.7. The van der Waals surface area contributed by atoms with Crippen LogP contribution >= 0.6 is 0 Å². The molecule has 1 N–H and O–H groups in total. The number of hydrogen-bond acceptors (Lipinski definition) is 8. The van der Waals surface area contributed by atoms with E-state index < -0.39 is 0 Å². The van der Waals surface area contributed by atoms with Gasteiger partial charge in [-0.3, -0.25) is 15.1 Å². The largest absolute Gasteiger partial charge is 0.375 e. The van der Waals surface area contributed by atoms with Gasteiger partial charge in [0.1, 0.15) is 12.3 Å². The molecule has 10 nitrogen and oxygen atoms in total. The van der Waals surface area contributed by atoms with Gasteiger partial charge in [-0.05, 0) is 37.3 Å². The zero-order chi connectivity index (χ0) is 25.5. The van der Waals surface area contributed by atoms with E-state index in [1.54, 1.807) is 24.1 Å². The molecule has 0 aliphatic carbocycles. The van der Waals surface area contributed by atoms with E-state index in [4.69, 9.17) is 15.9 Å². The molecule has 10 heteroatoms. The third kappa shape index (κ3) is 5.96. The van der Waals surface area contributed by atoms with Gasteiger partial charge >= 0.3 is 0 Å². The summed E-state index contributed by atoms with van der Waals surface area (Å²) in [5, 5.41) is 11.2. The van der Waals surface area contributed by atoms with Gasteiger partial charge < -0.3 is 9.47 Å². The van der Waals surface area contributed by atoms with Crippen LogP contribution in [0.4, 0.5) is 5.95 Å². The monoisotopic (exact) mass is 483 g/mol. The number of terminal acetylenes is 1. The van der Waals surface area contributed by atoms with Gasteiger partial charge in [0.15, 0.2) is 0 Å². The maximum atomic E-state index is 12.1. The maximum absolute atomic E-state index is 12.1. The van der Waals surface area contributed by atoms with Crippen molar-refractivity contribution in [3.05, 3.63) is 71.7 Å². The molecule has 0 fully saturated rings. The van der Waals surface area contributed by atoms with E-state index in [1.165, 1.54) is 7.11 Å². The molecule has 3 heterocycles. The van der Waals surface area contributed by atoms with Crippen LogP contribution in [-0.4, -0.2) is 56.7 Å². The Balaban J connectivity index is 1.66. The van der Waals surface area contributed by atoms with E-state index in [2.05, 4.69) is 36.5 Å². The summed E-state index contributed by atoms with van der Waals surface area (Å²) in [5.41, 5.74) is 4.70. The molecule has 4 aromatic rings. The van der Waals surface area contributed by atoms with Crippen LogP contribution in [0.15, 0.2) is 54.7 Å². The second kappa shape index (κ2) is 11.3. The average molecular weight is 484 g/mol. The zero-order valence-electron chi connectivity index (χ0n) is 20.2. The van der Waals surface area contributed by atoms with E-state index in [-0.39, 0.29) is 24.6 Å². The Morgan fingerprint density at radius 2 is 1.89 bits per heavy atom. The summed E-state index contributed by atoms with van der Waals surface area (Å²) >= 11 is 0. The number of methoxy groups -OCH3 is 2. The third-order valence-electron chi connectivity index (χ3n) is 5.30. The molecule has 1 amide bonds. The molecule has 1 unspecified atom stereocenters. The highest BCUT2D eigenvalue weighted by Crippen LogP contribution is 2.25. The van der Waals surface area contributed by atoms with E-state index in [0.29, 0.717) is 29.2 Å². The second-order valence-electron chi connectivity index (χ2n) is 7.90. The van der Waals surface area contributed by atoms with Gasteiger partial charge in [-0.25, -0.2) is 14.6 Å². The molecule has 0 aliphatic heterocycles. The average Bonchev–Trinajstić information content (AvgIpc) is 3.37. The lowest BCUT2D eigenvalue weighted by molar-refractivity contribution is -0.119. The minimum Gasteiger partial charge on any atom is -0.375 e. The van der Waals surface area contributed by atoms with E-state index in [0.717, 1.165) is 17.0 Å². The minimum atomic E-state index is -0.377. The van der Waals surface area contributed by atoms with Crippen molar-refractivity contribution in [2.24, 2.45) is 0 Å². The Bertz CT molecular complexity index is 1410. The number of rotatable bonds is 9. The first-order valence-corrected chi connectivity index (χ1v) is 11.1. The van der Waals surface area contributed by atoms with E-state index in [1.807, 2.05) is 49.4 Å². The van der Waals surface area contributed by atoms with Gasteiger partial charge in [-0.15, -0.1) is 11.5 Å². The number of anilines is 1. The molecular weight excluding hydrogens is 458 g/mol. The van der Waals surface area contributed by atoms with Crippen LogP contribution in [-0.2, 0) is 20.8 Å². The highest BCUT2D eigenvalue weighted by Gasteiger charge is 2.14. The number of nitrogens with zero attached hydrogens (tertiary/aromatic N) is 6. The van der Waals surface area contributed by atoms with Crippen LogP contribution in [0.5, 0.6) is 0 Å². The second-order valence-corrected chi connectivity index (χ2v) is 7.90. The Morgan fingerprint density at radius 1 is 1.08 bits per heavy atom. The van der Waals surface area contributed by atoms with Gasteiger partial charge in [0.25, 0.3) is 5.91 Å². The normalized spacial score (nSPS) is 11.6. The number of benzene rings is 1. The van der Waals surface area contributed by atoms with Gasteiger partial charge in [0, 0.05) is 25.3 Å². The molecule has 0 aliphatic rings. The summed E-state index contributed by atoms with van der Waals surface area (Å²) in [6.45, 7) is 2.23. The van der Waals surface area contributed by atoms with Gasteiger partial charge in [-0.2, -0.15) is 0 Å². The molecule has 0 spiro atoms. The van der Waals surface area contributed by atoms with Crippen molar-refractivity contribution in [3.8, 4) is 35.0 Å². The van der Waals surface area contributed by atoms with Gasteiger partial charge in [0.05, 0.1) is 41.6 Å². The fourth-order valence-corrected chi connectivity index (χ4v) is 3.43. The first-order chi connectivity index (χ1) is 17.5. The molecule has 1 aromatic carbocycles. The number of nitrogens with one attached hydrogen (secondary N) is 1. The number of carbonyl (C=O) groups is 1. The molecule has 3 aromatic heterocycles. The SMILES string of the molecule is C#Cc1cccc(-c2cc(-c3cn(Cc4cccc(C(C)OC)n4)nn3)nc(NC(=O)COC)n2)c1. The summed E-state index contributed by atoms with van der Waals surface area (Å²) in [6, 6.07) is 14.9. The molecule has 36 heavy (non-hydrogen) atoms. The predicted octanol–water partition coefficient (Wildman–Crippen LogP) is 3.12. The smallest absolute Gasteiger partial charge is 0.252 e. The van der Waals surface area contributed by atoms with E-state index >= 15 is 0 Å². The lowest BCUT2D eigenvalue weighted by Gasteiger charge is -2.10. The summed E-state index contributed by atoms with van der Waals surface area (Å²) in [7, 11) is 3.08. The molecule has 0 saturated heterocycles. The lowest BCUT2D eigenvalue weighted by Crippen LogP contribution is -2.19. The van der Waals surface area contributed by atoms with Gasteiger partial charge in [0.2, 0.25) is 5.95 Å². The van der Waals surface area contributed by atoms with Crippen LogP contribution in [0.3, 0.4) is 0 Å². The van der Waals surface area contributed by atoms with Crippen LogP contribution in [0.2, 0.25) is 0 Å². The number of aromatic nitrogens is 6. The van der Waals surface area contributed by atoms with Crippen LogP contribution in [0.25, 0.3) is 22.6 Å². The highest BCUT2D eigenvalue weighted by atomic mass is 16.5. The topological polar surface area (TPSA) is 117 Å². The Hall–Kier alpha value is -4.46. The Kier molecular flexibility index (Phi) is 7.75. The van der Waals surface area contributed by atoms with E-state index in [9.17, 15) is 4.79 Å². The van der Waals surface area contributed by atoms with Crippen molar-refractivity contribution in [3.63, 3.8) is 0 Å². The predicted molar refractivity (Wildman–Crippen MR) is 134 cm³/mol. The lowest BCUT2D eigenvalue weighted by atomic mass is 10.1. The first-order valence-electron chi connectivity index (χ1n) is 11.1. The van der Waals surface area contributed by atoms with Crippen molar-refractivity contribution >= 4 is 11.9 Å². The van der Waals surface area contributed by atoms with Crippen molar-refractivity contribution < 1.29 is 14.3 Å². The van der Waals surface area contributed by atoms with Gasteiger partial charge in [-0.1, -0.05) is 29.3 Å². The number of pyridine rings is 1. The molecule has 0 saturated carbocycles. The molecular formula is C26H25N7O3. The first kappa shape index (κ1) is 24.7. The fraction of sp³-hybridized carbons (Fsp3) is 0.231. The highest BCUT2D eigenvalue weighted by molar-refractivity contribution is 5.90. The van der Waals surface area contributed by atoms with Crippen LogP contribution < -0.4 is 5.32 Å². The molecule has 0 radical (unpaired) electrons. The van der Waals surface area contributed by atoms with Crippen LogP contribution in [0.1, 0.15) is 30.0 Å². The number of carbonyl (C=O) groups excluding carboxylic acids is 1. The summed E-state index contributed by atoms with van der Waals surface area (Å²) in [5.74, 6) is 2.36.